The largest absolute Gasteiger partial charge is 0.443 e. The van der Waals surface area contributed by atoms with Crippen molar-refractivity contribution in [2.45, 2.75) is 25.9 Å². The number of hydrogen-bond donors (Lipinski definition) is 1. The Hall–Kier alpha value is -1.82. The molecule has 1 amide bonds. The second kappa shape index (κ2) is 4.38. The summed E-state index contributed by atoms with van der Waals surface area (Å²) in [5, 5.41) is 0.414. The van der Waals surface area contributed by atoms with Crippen molar-refractivity contribution in [3.8, 4) is 0 Å². The molecule has 0 aliphatic carbocycles. The first kappa shape index (κ1) is 13.6. The molecule has 0 radical (unpaired) electrons. The third-order valence-electron chi connectivity index (χ3n) is 2.58. The molecule has 102 valence electrons. The minimum absolute atomic E-state index is 0.258. The molecule has 1 heterocycles. The van der Waals surface area contributed by atoms with Gasteiger partial charge < -0.3 is 4.42 Å². The Balaban J connectivity index is 2.37. The van der Waals surface area contributed by atoms with Crippen molar-refractivity contribution in [3.63, 3.8) is 0 Å². The minimum atomic E-state index is -3.97. The zero-order valence-corrected chi connectivity index (χ0v) is 11.7. The van der Waals surface area contributed by atoms with Crippen molar-refractivity contribution in [2.24, 2.45) is 5.41 Å². The first-order valence-corrected chi connectivity index (χ1v) is 7.24. The van der Waals surface area contributed by atoms with Crippen molar-refractivity contribution in [1.29, 1.82) is 0 Å². The summed E-state index contributed by atoms with van der Waals surface area (Å²) in [4.78, 5) is 11.7. The van der Waals surface area contributed by atoms with E-state index in [-0.39, 0.29) is 5.09 Å². The fourth-order valence-corrected chi connectivity index (χ4v) is 2.55. The van der Waals surface area contributed by atoms with Crippen molar-refractivity contribution >= 4 is 26.9 Å². The summed E-state index contributed by atoms with van der Waals surface area (Å²) in [5.74, 6) is -0.576. The number of amides is 1. The molecular formula is C13H15NO4S. The number of hydrogen-bond acceptors (Lipinski definition) is 4. The van der Waals surface area contributed by atoms with Crippen LogP contribution in [0.2, 0.25) is 0 Å². The van der Waals surface area contributed by atoms with Gasteiger partial charge in [0.05, 0.1) is 0 Å². The third kappa shape index (κ3) is 2.78. The second-order valence-corrected chi connectivity index (χ2v) is 6.90. The maximum absolute atomic E-state index is 12.0. The number of para-hydroxylation sites is 1. The number of fused-ring (bicyclic) bond motifs is 1. The Labute approximate surface area is 111 Å². The van der Waals surface area contributed by atoms with Gasteiger partial charge in [0, 0.05) is 16.9 Å². The predicted molar refractivity (Wildman–Crippen MR) is 71.0 cm³/mol. The van der Waals surface area contributed by atoms with Crippen molar-refractivity contribution in [1.82, 2.24) is 4.72 Å². The zero-order chi connectivity index (χ0) is 14.3. The van der Waals surface area contributed by atoms with Gasteiger partial charge in [-0.2, -0.15) is 8.42 Å². The summed E-state index contributed by atoms with van der Waals surface area (Å²) in [5.41, 5.74) is -0.329. The first-order chi connectivity index (χ1) is 8.70. The minimum Gasteiger partial charge on any atom is -0.443 e. The van der Waals surface area contributed by atoms with E-state index in [2.05, 4.69) is 0 Å². The van der Waals surface area contributed by atoms with Crippen molar-refractivity contribution in [2.75, 3.05) is 0 Å². The molecule has 1 N–H and O–H groups in total. The molecule has 0 aliphatic rings. The van der Waals surface area contributed by atoms with E-state index in [4.69, 9.17) is 4.42 Å². The molecule has 0 saturated heterocycles. The van der Waals surface area contributed by atoms with Crippen molar-refractivity contribution < 1.29 is 17.6 Å². The number of carbonyl (C=O) groups excluding carboxylic acids is 1. The van der Waals surface area contributed by atoms with Gasteiger partial charge in [-0.25, -0.2) is 4.72 Å². The van der Waals surface area contributed by atoms with E-state index in [1.165, 1.54) is 6.07 Å². The molecule has 1 aromatic carbocycles. The van der Waals surface area contributed by atoms with Crippen LogP contribution in [0, 0.1) is 5.41 Å². The van der Waals surface area contributed by atoms with Gasteiger partial charge in [0.1, 0.15) is 5.58 Å². The Kier molecular flexibility index (Phi) is 3.14. The molecule has 6 heteroatoms. The van der Waals surface area contributed by atoms with Crippen LogP contribution >= 0.6 is 0 Å². The highest BCUT2D eigenvalue weighted by Gasteiger charge is 2.28. The van der Waals surface area contributed by atoms with Crippen LogP contribution < -0.4 is 4.72 Å². The lowest BCUT2D eigenvalue weighted by Gasteiger charge is -2.16. The summed E-state index contributed by atoms with van der Waals surface area (Å²) in [7, 11) is -3.97. The van der Waals surface area contributed by atoms with Crippen LogP contribution in [0.25, 0.3) is 11.0 Å². The van der Waals surface area contributed by atoms with Gasteiger partial charge >= 0.3 is 0 Å². The van der Waals surface area contributed by atoms with Gasteiger partial charge in [0.2, 0.25) is 11.0 Å². The molecule has 0 aliphatic heterocycles. The van der Waals surface area contributed by atoms with E-state index < -0.39 is 21.3 Å². The number of rotatable bonds is 2. The summed E-state index contributed by atoms with van der Waals surface area (Å²) in [6.45, 7) is 4.91. The van der Waals surface area contributed by atoms with E-state index in [0.29, 0.717) is 11.0 Å². The Morgan fingerprint density at radius 3 is 2.42 bits per heavy atom. The van der Waals surface area contributed by atoms with Gasteiger partial charge in [-0.15, -0.1) is 0 Å². The van der Waals surface area contributed by atoms with Crippen LogP contribution in [-0.4, -0.2) is 14.3 Å². The van der Waals surface area contributed by atoms with Crippen LogP contribution in [0.4, 0.5) is 0 Å². The Morgan fingerprint density at radius 1 is 1.21 bits per heavy atom. The molecule has 0 atom stereocenters. The fraction of sp³-hybridized carbons (Fsp3) is 0.308. The molecule has 1 aromatic heterocycles. The number of carbonyl (C=O) groups is 1. The zero-order valence-electron chi connectivity index (χ0n) is 10.9. The van der Waals surface area contributed by atoms with Crippen LogP contribution in [0.3, 0.4) is 0 Å². The van der Waals surface area contributed by atoms with Crippen LogP contribution in [0.5, 0.6) is 0 Å². The van der Waals surface area contributed by atoms with Gasteiger partial charge in [0.25, 0.3) is 10.0 Å². The Morgan fingerprint density at radius 2 is 1.84 bits per heavy atom. The van der Waals surface area contributed by atoms with E-state index in [1.54, 1.807) is 45.0 Å². The Bertz CT molecular complexity index is 689. The lowest BCUT2D eigenvalue weighted by Crippen LogP contribution is -2.38. The van der Waals surface area contributed by atoms with Gasteiger partial charge in [0.15, 0.2) is 0 Å². The fourth-order valence-electron chi connectivity index (χ4n) is 1.42. The first-order valence-electron chi connectivity index (χ1n) is 5.76. The summed E-state index contributed by atoms with van der Waals surface area (Å²) < 4.78 is 31.3. The SMILES string of the molecule is CC(C)(C)C(=O)NS(=O)(=O)c1cc2ccccc2o1. The van der Waals surface area contributed by atoms with Crippen LogP contribution in [0.15, 0.2) is 39.8 Å². The molecule has 0 spiro atoms. The number of benzene rings is 1. The van der Waals surface area contributed by atoms with Crippen LogP contribution in [0.1, 0.15) is 20.8 Å². The van der Waals surface area contributed by atoms with Crippen molar-refractivity contribution in [3.05, 3.63) is 30.3 Å². The normalized spacial score (nSPS) is 12.6. The highest BCUT2D eigenvalue weighted by atomic mass is 32.2. The summed E-state index contributed by atoms with van der Waals surface area (Å²) in [6, 6.07) is 8.33. The average molecular weight is 281 g/mol. The van der Waals surface area contributed by atoms with E-state index in [1.807, 2.05) is 4.72 Å². The maximum atomic E-state index is 12.0. The molecule has 2 rings (SSSR count). The molecule has 5 nitrogen and oxygen atoms in total. The monoisotopic (exact) mass is 281 g/mol. The lowest BCUT2D eigenvalue weighted by molar-refractivity contribution is -0.126. The lowest BCUT2D eigenvalue weighted by atomic mass is 9.96. The molecule has 0 saturated carbocycles. The molecule has 19 heavy (non-hydrogen) atoms. The molecular weight excluding hydrogens is 266 g/mol. The highest BCUT2D eigenvalue weighted by molar-refractivity contribution is 7.89. The standard InChI is InChI=1S/C13H15NO4S/c1-13(2,3)12(15)14-19(16,17)11-8-9-6-4-5-7-10(9)18-11/h4-8H,1-3H3,(H,14,15). The predicted octanol–water partition coefficient (Wildman–Crippen LogP) is 2.28. The van der Waals surface area contributed by atoms with E-state index in [9.17, 15) is 13.2 Å². The number of nitrogens with one attached hydrogen (secondary N) is 1. The maximum Gasteiger partial charge on any atom is 0.297 e. The number of furan rings is 1. The number of sulfonamides is 1. The third-order valence-corrected chi connectivity index (χ3v) is 3.76. The quantitative estimate of drug-likeness (QED) is 0.916. The van der Waals surface area contributed by atoms with Crippen LogP contribution in [-0.2, 0) is 14.8 Å². The molecule has 0 unspecified atom stereocenters. The van der Waals surface area contributed by atoms with E-state index >= 15 is 0 Å². The van der Waals surface area contributed by atoms with Gasteiger partial charge in [-0.3, -0.25) is 4.79 Å². The van der Waals surface area contributed by atoms with E-state index in [0.717, 1.165) is 0 Å². The average Bonchev–Trinajstić information content (AvgIpc) is 2.71. The summed E-state index contributed by atoms with van der Waals surface area (Å²) in [6.07, 6.45) is 0. The molecule has 2 aromatic rings. The highest BCUT2D eigenvalue weighted by Crippen LogP contribution is 2.23. The van der Waals surface area contributed by atoms with Gasteiger partial charge in [-0.05, 0) is 6.07 Å². The second-order valence-electron chi connectivity index (χ2n) is 5.29. The topological polar surface area (TPSA) is 76.4 Å². The smallest absolute Gasteiger partial charge is 0.297 e. The molecule has 0 fully saturated rings. The summed E-state index contributed by atoms with van der Waals surface area (Å²) >= 11 is 0. The molecule has 0 bridgehead atoms. The van der Waals surface area contributed by atoms with Gasteiger partial charge in [-0.1, -0.05) is 39.0 Å².